The maximum Gasteiger partial charge on any atom is 0.301 e. The van der Waals surface area contributed by atoms with Gasteiger partial charge in [0.25, 0.3) is 0 Å². The van der Waals surface area contributed by atoms with E-state index in [1.54, 1.807) is 13.1 Å². The van der Waals surface area contributed by atoms with Gasteiger partial charge in [-0.05, 0) is 54.5 Å². The summed E-state index contributed by atoms with van der Waals surface area (Å²) in [6.45, 7) is 3.17. The molecule has 0 fully saturated rings. The Balaban J connectivity index is 2.76. The van der Waals surface area contributed by atoms with E-state index in [1.807, 2.05) is 26.1 Å². The van der Waals surface area contributed by atoms with E-state index in [0.717, 1.165) is 23.0 Å². The Kier molecular flexibility index (Phi) is 6.25. The van der Waals surface area contributed by atoms with Crippen LogP contribution in [-0.4, -0.2) is 39.9 Å². The van der Waals surface area contributed by atoms with E-state index >= 15 is 0 Å². The lowest BCUT2D eigenvalue weighted by molar-refractivity contribution is 0.462. The molecule has 0 aliphatic rings. The quantitative estimate of drug-likeness (QED) is 0.739. The van der Waals surface area contributed by atoms with Crippen LogP contribution in [0.3, 0.4) is 0 Å². The van der Waals surface area contributed by atoms with Gasteiger partial charge >= 0.3 is 10.2 Å². The van der Waals surface area contributed by atoms with Crippen LogP contribution in [-0.2, 0) is 10.2 Å². The number of hydrogen-bond donors (Lipinski definition) is 2. The largest absolute Gasteiger partial charge is 0.320 e. The molecule has 0 atom stereocenters. The molecule has 1 aromatic rings. The first kappa shape index (κ1) is 16.4. The molecule has 2 N–H and O–H groups in total. The number of nitrogens with zero attached hydrogens (tertiary/aromatic N) is 1. The molecule has 0 saturated carbocycles. The SMILES string of the molecule is CNCCCN(C)S(=O)(=O)Nc1cccc(C)c1Br. The monoisotopic (exact) mass is 349 g/mol. The van der Waals surface area contributed by atoms with Gasteiger partial charge in [-0.1, -0.05) is 12.1 Å². The molecule has 0 radical (unpaired) electrons. The Labute approximate surface area is 123 Å². The van der Waals surface area contributed by atoms with E-state index in [2.05, 4.69) is 26.0 Å². The number of halogens is 1. The average molecular weight is 350 g/mol. The highest BCUT2D eigenvalue weighted by molar-refractivity contribution is 9.10. The summed E-state index contributed by atoms with van der Waals surface area (Å²) >= 11 is 3.39. The zero-order valence-corrected chi connectivity index (χ0v) is 13.8. The summed E-state index contributed by atoms with van der Waals surface area (Å²) < 4.78 is 28.9. The maximum atomic E-state index is 12.1. The van der Waals surface area contributed by atoms with Crippen molar-refractivity contribution < 1.29 is 8.42 Å². The van der Waals surface area contributed by atoms with Gasteiger partial charge in [0, 0.05) is 18.1 Å². The molecule has 0 bridgehead atoms. The van der Waals surface area contributed by atoms with Gasteiger partial charge in [0.15, 0.2) is 0 Å². The van der Waals surface area contributed by atoms with Crippen molar-refractivity contribution in [2.75, 3.05) is 31.9 Å². The van der Waals surface area contributed by atoms with Crippen molar-refractivity contribution in [1.29, 1.82) is 0 Å². The Bertz CT molecular complexity index is 520. The van der Waals surface area contributed by atoms with Crippen LogP contribution in [0.4, 0.5) is 5.69 Å². The van der Waals surface area contributed by atoms with Crippen LogP contribution in [0.5, 0.6) is 0 Å². The summed E-state index contributed by atoms with van der Waals surface area (Å²) in [4.78, 5) is 0. The Hall–Kier alpha value is -0.630. The highest BCUT2D eigenvalue weighted by Gasteiger charge is 2.18. The number of rotatable bonds is 7. The summed E-state index contributed by atoms with van der Waals surface area (Å²) in [6.07, 6.45) is 0.767. The van der Waals surface area contributed by atoms with Crippen molar-refractivity contribution in [3.63, 3.8) is 0 Å². The fourth-order valence-corrected chi connectivity index (χ4v) is 3.01. The molecule has 1 rings (SSSR count). The first-order valence-corrected chi connectivity index (χ1v) is 8.25. The van der Waals surface area contributed by atoms with E-state index in [4.69, 9.17) is 0 Å². The molecule has 0 aliphatic heterocycles. The van der Waals surface area contributed by atoms with Gasteiger partial charge in [0.2, 0.25) is 0 Å². The van der Waals surface area contributed by atoms with Gasteiger partial charge in [-0.25, -0.2) is 0 Å². The lowest BCUT2D eigenvalue weighted by Gasteiger charge is -2.19. The van der Waals surface area contributed by atoms with Gasteiger partial charge in [0.1, 0.15) is 0 Å². The van der Waals surface area contributed by atoms with Crippen LogP contribution in [0.25, 0.3) is 0 Å². The first-order valence-electron chi connectivity index (χ1n) is 6.02. The summed E-state index contributed by atoms with van der Waals surface area (Å²) in [5.41, 5.74) is 1.54. The minimum absolute atomic E-state index is 0.472. The van der Waals surface area contributed by atoms with E-state index in [-0.39, 0.29) is 0 Å². The van der Waals surface area contributed by atoms with Gasteiger partial charge in [-0.15, -0.1) is 0 Å². The average Bonchev–Trinajstić information content (AvgIpc) is 2.35. The van der Waals surface area contributed by atoms with E-state index < -0.39 is 10.2 Å². The standard InChI is InChI=1S/C12H20BrN3O2S/c1-10-6-4-7-11(12(10)13)15-19(17,18)16(3)9-5-8-14-2/h4,6-7,14-15H,5,8-9H2,1-3H3. The van der Waals surface area contributed by atoms with Crippen LogP contribution < -0.4 is 10.0 Å². The van der Waals surface area contributed by atoms with Crippen molar-refractivity contribution in [1.82, 2.24) is 9.62 Å². The molecule has 0 unspecified atom stereocenters. The Morgan fingerprint density at radius 3 is 2.68 bits per heavy atom. The number of aryl methyl sites for hydroxylation is 1. The predicted molar refractivity (Wildman–Crippen MR) is 82.6 cm³/mol. The van der Waals surface area contributed by atoms with Crippen LogP contribution in [0.2, 0.25) is 0 Å². The topological polar surface area (TPSA) is 61.4 Å². The molecular weight excluding hydrogens is 330 g/mol. The molecule has 0 aliphatic carbocycles. The third kappa shape index (κ3) is 4.76. The van der Waals surface area contributed by atoms with Gasteiger partial charge < -0.3 is 5.32 Å². The molecule has 1 aromatic carbocycles. The van der Waals surface area contributed by atoms with Crippen molar-refractivity contribution >= 4 is 31.8 Å². The normalized spacial score (nSPS) is 11.8. The number of benzene rings is 1. The zero-order valence-electron chi connectivity index (χ0n) is 11.4. The third-order valence-electron chi connectivity index (χ3n) is 2.74. The smallest absolute Gasteiger partial charge is 0.301 e. The Morgan fingerprint density at radius 2 is 2.05 bits per heavy atom. The van der Waals surface area contributed by atoms with E-state index in [9.17, 15) is 8.42 Å². The molecule has 5 nitrogen and oxygen atoms in total. The van der Waals surface area contributed by atoms with E-state index in [1.165, 1.54) is 4.31 Å². The number of nitrogens with one attached hydrogen (secondary N) is 2. The van der Waals surface area contributed by atoms with Gasteiger partial charge in [0.05, 0.1) is 5.69 Å². The van der Waals surface area contributed by atoms with E-state index in [0.29, 0.717) is 12.2 Å². The summed E-state index contributed by atoms with van der Waals surface area (Å²) in [5.74, 6) is 0. The lowest BCUT2D eigenvalue weighted by atomic mass is 10.2. The minimum Gasteiger partial charge on any atom is -0.320 e. The second-order valence-electron chi connectivity index (χ2n) is 4.32. The highest BCUT2D eigenvalue weighted by atomic mass is 79.9. The molecule has 0 aromatic heterocycles. The van der Waals surface area contributed by atoms with Gasteiger partial charge in [-0.2, -0.15) is 12.7 Å². The highest BCUT2D eigenvalue weighted by Crippen LogP contribution is 2.26. The van der Waals surface area contributed by atoms with Crippen LogP contribution in [0.15, 0.2) is 22.7 Å². The molecule has 0 heterocycles. The molecule has 0 saturated heterocycles. The van der Waals surface area contributed by atoms with Crippen molar-refractivity contribution in [3.8, 4) is 0 Å². The van der Waals surface area contributed by atoms with Crippen molar-refractivity contribution in [2.24, 2.45) is 0 Å². The summed E-state index contributed by atoms with van der Waals surface area (Å²) in [5, 5.41) is 2.99. The van der Waals surface area contributed by atoms with Crippen LogP contribution in [0.1, 0.15) is 12.0 Å². The fourth-order valence-electron chi connectivity index (χ4n) is 1.54. The van der Waals surface area contributed by atoms with Crippen molar-refractivity contribution in [2.45, 2.75) is 13.3 Å². The predicted octanol–water partition coefficient (Wildman–Crippen LogP) is 1.96. The second kappa shape index (κ2) is 7.23. The molecule has 108 valence electrons. The van der Waals surface area contributed by atoms with Crippen molar-refractivity contribution in [3.05, 3.63) is 28.2 Å². The molecule has 0 amide bonds. The zero-order chi connectivity index (χ0) is 14.5. The van der Waals surface area contributed by atoms with Gasteiger partial charge in [-0.3, -0.25) is 4.72 Å². The molecule has 7 heteroatoms. The lowest BCUT2D eigenvalue weighted by Crippen LogP contribution is -2.34. The summed E-state index contributed by atoms with van der Waals surface area (Å²) in [6, 6.07) is 5.47. The van der Waals surface area contributed by atoms with Crippen LogP contribution >= 0.6 is 15.9 Å². The molecule has 0 spiro atoms. The third-order valence-corrected chi connectivity index (χ3v) is 5.27. The minimum atomic E-state index is -3.51. The molecule has 19 heavy (non-hydrogen) atoms. The number of hydrogen-bond acceptors (Lipinski definition) is 3. The maximum absolute atomic E-state index is 12.1. The molecular formula is C12H20BrN3O2S. The first-order chi connectivity index (χ1) is 8.88. The Morgan fingerprint density at radius 1 is 1.37 bits per heavy atom. The fraction of sp³-hybridized carbons (Fsp3) is 0.500. The number of anilines is 1. The second-order valence-corrected chi connectivity index (χ2v) is 6.89. The summed E-state index contributed by atoms with van der Waals surface area (Å²) in [7, 11) is -0.0925. The van der Waals surface area contributed by atoms with Crippen LogP contribution in [0, 0.1) is 6.92 Å².